The van der Waals surface area contributed by atoms with Crippen molar-refractivity contribution < 1.29 is 0 Å². The fourth-order valence-corrected chi connectivity index (χ4v) is 2.09. The second kappa shape index (κ2) is 5.46. The molecule has 88 valence electrons. The maximum Gasteiger partial charge on any atom is 0.000394 e. The first-order chi connectivity index (χ1) is 7.75. The molecule has 0 saturated carbocycles. The van der Waals surface area contributed by atoms with Crippen molar-refractivity contribution >= 4 is 0 Å². The van der Waals surface area contributed by atoms with E-state index in [1.54, 1.807) is 0 Å². The molecular weight excluding hydrogens is 196 g/mol. The lowest BCUT2D eigenvalue weighted by atomic mass is 10.0. The molecule has 2 heteroatoms. The molecule has 16 heavy (non-hydrogen) atoms. The summed E-state index contributed by atoms with van der Waals surface area (Å²) in [6.45, 7) is 9.01. The Morgan fingerprint density at radius 3 is 2.81 bits per heavy atom. The van der Waals surface area contributed by atoms with Gasteiger partial charge in [0, 0.05) is 19.6 Å². The Kier molecular flexibility index (Phi) is 3.97. The fraction of sp³-hybridized carbons (Fsp3) is 0.571. The van der Waals surface area contributed by atoms with Crippen molar-refractivity contribution in [2.45, 2.75) is 20.3 Å². The van der Waals surface area contributed by atoms with E-state index in [1.807, 2.05) is 0 Å². The van der Waals surface area contributed by atoms with Gasteiger partial charge >= 0.3 is 0 Å². The van der Waals surface area contributed by atoms with Crippen LogP contribution in [0.1, 0.15) is 16.7 Å². The molecule has 1 fully saturated rings. The molecule has 0 bridgehead atoms. The quantitative estimate of drug-likeness (QED) is 0.734. The van der Waals surface area contributed by atoms with Gasteiger partial charge in [0.1, 0.15) is 0 Å². The van der Waals surface area contributed by atoms with Crippen LogP contribution < -0.4 is 10.6 Å². The molecule has 0 spiro atoms. The molecule has 1 heterocycles. The van der Waals surface area contributed by atoms with Crippen LogP contribution in [0.4, 0.5) is 0 Å². The normalized spacial score (nSPS) is 16.1. The van der Waals surface area contributed by atoms with Gasteiger partial charge in [0.05, 0.1) is 0 Å². The van der Waals surface area contributed by atoms with Crippen LogP contribution in [0.2, 0.25) is 0 Å². The average molecular weight is 218 g/mol. The summed E-state index contributed by atoms with van der Waals surface area (Å²) < 4.78 is 0. The zero-order valence-corrected chi connectivity index (χ0v) is 10.3. The van der Waals surface area contributed by atoms with Gasteiger partial charge in [-0.25, -0.2) is 0 Å². The summed E-state index contributed by atoms with van der Waals surface area (Å²) in [5, 5.41) is 6.84. The van der Waals surface area contributed by atoms with E-state index in [-0.39, 0.29) is 0 Å². The molecule has 1 aliphatic rings. The lowest BCUT2D eigenvalue weighted by Crippen LogP contribution is -2.47. The minimum Gasteiger partial charge on any atom is -0.316 e. The molecule has 1 saturated heterocycles. The van der Waals surface area contributed by atoms with E-state index in [9.17, 15) is 0 Å². The van der Waals surface area contributed by atoms with Gasteiger partial charge in [-0.1, -0.05) is 23.8 Å². The molecule has 0 amide bonds. The Balaban J connectivity index is 1.73. The molecular formula is C14H22N2. The highest BCUT2D eigenvalue weighted by Gasteiger charge is 2.15. The van der Waals surface area contributed by atoms with Crippen LogP contribution in [-0.4, -0.2) is 26.2 Å². The van der Waals surface area contributed by atoms with Crippen LogP contribution in [0.15, 0.2) is 18.2 Å². The highest BCUT2D eigenvalue weighted by atomic mass is 15.0. The number of nitrogens with one attached hydrogen (secondary N) is 2. The zero-order chi connectivity index (χ0) is 11.4. The highest BCUT2D eigenvalue weighted by Crippen LogP contribution is 2.10. The summed E-state index contributed by atoms with van der Waals surface area (Å²) in [6, 6.07) is 6.72. The standard InChI is InChI=1S/C14H22N2/c1-11-3-4-12(2)14(7-11)5-6-15-8-13-9-16-10-13/h3-4,7,13,15-16H,5-6,8-10H2,1-2H3. The van der Waals surface area contributed by atoms with Crippen molar-refractivity contribution in [1.82, 2.24) is 10.6 Å². The fourth-order valence-electron chi connectivity index (χ4n) is 2.09. The third-order valence-corrected chi connectivity index (χ3v) is 3.37. The molecule has 1 aromatic rings. The van der Waals surface area contributed by atoms with E-state index in [1.165, 1.54) is 29.8 Å². The first-order valence-corrected chi connectivity index (χ1v) is 6.23. The van der Waals surface area contributed by atoms with Crippen LogP contribution in [0.5, 0.6) is 0 Å². The number of rotatable bonds is 5. The van der Waals surface area contributed by atoms with Crippen LogP contribution in [0, 0.1) is 19.8 Å². The summed E-state index contributed by atoms with van der Waals surface area (Å²) in [7, 11) is 0. The van der Waals surface area contributed by atoms with E-state index in [4.69, 9.17) is 0 Å². The maximum atomic E-state index is 3.54. The summed E-state index contributed by atoms with van der Waals surface area (Å²) in [4.78, 5) is 0. The van der Waals surface area contributed by atoms with E-state index in [2.05, 4.69) is 42.7 Å². The van der Waals surface area contributed by atoms with Crippen LogP contribution >= 0.6 is 0 Å². The number of benzene rings is 1. The van der Waals surface area contributed by atoms with Gasteiger partial charge in [-0.3, -0.25) is 0 Å². The van der Waals surface area contributed by atoms with E-state index < -0.39 is 0 Å². The molecule has 0 aliphatic carbocycles. The minimum atomic E-state index is 0.860. The Hall–Kier alpha value is -0.860. The van der Waals surface area contributed by atoms with Gasteiger partial charge in [0.2, 0.25) is 0 Å². The van der Waals surface area contributed by atoms with E-state index >= 15 is 0 Å². The Morgan fingerprint density at radius 1 is 1.31 bits per heavy atom. The molecule has 1 aromatic carbocycles. The van der Waals surface area contributed by atoms with Crippen molar-refractivity contribution in [3.8, 4) is 0 Å². The molecule has 0 aromatic heterocycles. The van der Waals surface area contributed by atoms with Gasteiger partial charge in [-0.2, -0.15) is 0 Å². The monoisotopic (exact) mass is 218 g/mol. The van der Waals surface area contributed by atoms with Crippen molar-refractivity contribution in [2.75, 3.05) is 26.2 Å². The predicted molar refractivity (Wildman–Crippen MR) is 68.8 cm³/mol. The van der Waals surface area contributed by atoms with E-state index in [0.29, 0.717) is 0 Å². The number of hydrogen-bond donors (Lipinski definition) is 2. The van der Waals surface area contributed by atoms with Gasteiger partial charge in [0.25, 0.3) is 0 Å². The lowest BCUT2D eigenvalue weighted by molar-refractivity contribution is 0.333. The van der Waals surface area contributed by atoms with Crippen LogP contribution in [0.25, 0.3) is 0 Å². The molecule has 2 N–H and O–H groups in total. The van der Waals surface area contributed by atoms with Crippen LogP contribution in [-0.2, 0) is 6.42 Å². The van der Waals surface area contributed by atoms with Crippen molar-refractivity contribution in [3.05, 3.63) is 34.9 Å². The van der Waals surface area contributed by atoms with Crippen LogP contribution in [0.3, 0.4) is 0 Å². The zero-order valence-electron chi connectivity index (χ0n) is 10.3. The lowest BCUT2D eigenvalue weighted by Gasteiger charge is -2.27. The Labute approximate surface area is 98.4 Å². The second-order valence-corrected chi connectivity index (χ2v) is 4.91. The first kappa shape index (κ1) is 11.6. The van der Waals surface area contributed by atoms with Crippen molar-refractivity contribution in [1.29, 1.82) is 0 Å². The smallest absolute Gasteiger partial charge is 0.000394 e. The molecule has 2 rings (SSSR count). The molecule has 2 nitrogen and oxygen atoms in total. The van der Waals surface area contributed by atoms with Crippen molar-refractivity contribution in [2.24, 2.45) is 5.92 Å². The minimum absolute atomic E-state index is 0.860. The predicted octanol–water partition coefficient (Wildman–Crippen LogP) is 1.65. The van der Waals surface area contributed by atoms with Gasteiger partial charge in [-0.15, -0.1) is 0 Å². The molecule has 0 atom stereocenters. The average Bonchev–Trinajstić information content (AvgIpc) is 2.20. The van der Waals surface area contributed by atoms with Crippen molar-refractivity contribution in [3.63, 3.8) is 0 Å². The van der Waals surface area contributed by atoms with Gasteiger partial charge < -0.3 is 10.6 Å². The second-order valence-electron chi connectivity index (χ2n) is 4.91. The SMILES string of the molecule is Cc1ccc(C)c(CCNCC2CNC2)c1. The third-order valence-electron chi connectivity index (χ3n) is 3.37. The van der Waals surface area contributed by atoms with Gasteiger partial charge in [-0.05, 0) is 43.9 Å². The molecule has 0 radical (unpaired) electrons. The summed E-state index contributed by atoms with van der Waals surface area (Å²) in [5.41, 5.74) is 4.26. The number of aryl methyl sites for hydroxylation is 2. The molecule has 0 unspecified atom stereocenters. The number of hydrogen-bond acceptors (Lipinski definition) is 2. The Morgan fingerprint density at radius 2 is 2.12 bits per heavy atom. The highest BCUT2D eigenvalue weighted by molar-refractivity contribution is 5.30. The van der Waals surface area contributed by atoms with Gasteiger partial charge in [0.15, 0.2) is 0 Å². The summed E-state index contributed by atoms with van der Waals surface area (Å²) in [6.07, 6.45) is 1.15. The summed E-state index contributed by atoms with van der Waals surface area (Å²) >= 11 is 0. The topological polar surface area (TPSA) is 24.1 Å². The Bertz CT molecular complexity index is 343. The first-order valence-electron chi connectivity index (χ1n) is 6.23. The summed E-state index contributed by atoms with van der Waals surface area (Å²) in [5.74, 6) is 0.860. The maximum absolute atomic E-state index is 3.54. The largest absolute Gasteiger partial charge is 0.316 e. The van der Waals surface area contributed by atoms with E-state index in [0.717, 1.165) is 25.4 Å². The molecule has 1 aliphatic heterocycles. The third kappa shape index (κ3) is 3.06.